The van der Waals surface area contributed by atoms with Crippen LogP contribution in [0, 0.1) is 0 Å². The summed E-state index contributed by atoms with van der Waals surface area (Å²) in [7, 11) is 0. The molecule has 1 aromatic carbocycles. The van der Waals surface area contributed by atoms with E-state index in [4.69, 9.17) is 9.47 Å². The predicted octanol–water partition coefficient (Wildman–Crippen LogP) is 2.68. The van der Waals surface area contributed by atoms with Crippen molar-refractivity contribution in [2.24, 2.45) is 5.10 Å². The van der Waals surface area contributed by atoms with Crippen LogP contribution in [0.1, 0.15) is 36.2 Å². The van der Waals surface area contributed by atoms with Gasteiger partial charge < -0.3 is 14.8 Å². The van der Waals surface area contributed by atoms with Crippen molar-refractivity contribution in [3.63, 3.8) is 0 Å². The third kappa shape index (κ3) is 3.52. The van der Waals surface area contributed by atoms with E-state index in [1.54, 1.807) is 18.3 Å². The van der Waals surface area contributed by atoms with Gasteiger partial charge in [-0.25, -0.2) is 5.01 Å². The van der Waals surface area contributed by atoms with Gasteiger partial charge in [-0.2, -0.15) is 5.10 Å². The lowest BCUT2D eigenvalue weighted by Crippen LogP contribution is -2.37. The Labute approximate surface area is 160 Å². The number of amides is 2. The van der Waals surface area contributed by atoms with Crippen molar-refractivity contribution in [2.45, 2.75) is 25.8 Å². The summed E-state index contributed by atoms with van der Waals surface area (Å²) in [4.78, 5) is 25.3. The van der Waals surface area contributed by atoms with Crippen LogP contribution in [0.4, 0.5) is 0 Å². The van der Waals surface area contributed by atoms with E-state index in [0.29, 0.717) is 24.3 Å². The van der Waals surface area contributed by atoms with Gasteiger partial charge in [-0.1, -0.05) is 19.1 Å². The highest BCUT2D eigenvalue weighted by atomic mass is 32.1. The number of fused-ring (bicyclic) bond motifs is 1. The topological polar surface area (TPSA) is 80.2 Å². The molecular formula is C19H19N3O4S. The summed E-state index contributed by atoms with van der Waals surface area (Å²) < 4.78 is 10.8. The van der Waals surface area contributed by atoms with E-state index < -0.39 is 0 Å². The van der Waals surface area contributed by atoms with Gasteiger partial charge in [-0.05, 0) is 29.1 Å². The molecule has 2 aromatic rings. The first-order valence-electron chi connectivity index (χ1n) is 8.75. The molecule has 7 nitrogen and oxygen atoms in total. The van der Waals surface area contributed by atoms with Crippen LogP contribution >= 0.6 is 11.3 Å². The molecule has 2 aliphatic heterocycles. The van der Waals surface area contributed by atoms with Crippen LogP contribution in [-0.4, -0.2) is 35.9 Å². The number of nitrogens with one attached hydrogen (secondary N) is 1. The zero-order valence-electron chi connectivity index (χ0n) is 14.8. The summed E-state index contributed by atoms with van der Waals surface area (Å²) in [6.45, 7) is 1.87. The first-order valence-corrected chi connectivity index (χ1v) is 9.63. The van der Waals surface area contributed by atoms with Crippen LogP contribution in [0.15, 0.2) is 40.8 Å². The Hall–Kier alpha value is -2.87. The van der Waals surface area contributed by atoms with Crippen LogP contribution in [0.3, 0.4) is 0 Å². The number of ether oxygens (including phenoxy) is 2. The molecule has 0 spiro atoms. The van der Waals surface area contributed by atoms with Gasteiger partial charge in [0.15, 0.2) is 11.5 Å². The normalized spacial score (nSPS) is 17.7. The second-order valence-corrected chi connectivity index (χ2v) is 7.17. The fraction of sp³-hybridized carbons (Fsp3) is 0.316. The van der Waals surface area contributed by atoms with Crippen LogP contribution < -0.4 is 14.8 Å². The first-order chi connectivity index (χ1) is 13.2. The minimum atomic E-state index is -0.248. The van der Waals surface area contributed by atoms with Crippen molar-refractivity contribution < 1.29 is 19.1 Å². The third-order valence-corrected chi connectivity index (χ3v) is 5.43. The van der Waals surface area contributed by atoms with Crippen molar-refractivity contribution in [2.75, 3.05) is 13.3 Å². The molecule has 0 fully saturated rings. The Bertz CT molecular complexity index is 894. The molecule has 2 aliphatic rings. The molecule has 0 aliphatic carbocycles. The highest BCUT2D eigenvalue weighted by Crippen LogP contribution is 2.39. The Balaban J connectivity index is 1.60. The Kier molecular flexibility index (Phi) is 4.81. The minimum Gasteiger partial charge on any atom is -0.454 e. The van der Waals surface area contributed by atoms with Crippen molar-refractivity contribution in [1.29, 1.82) is 0 Å². The lowest BCUT2D eigenvalue weighted by atomic mass is 10.0. The van der Waals surface area contributed by atoms with Gasteiger partial charge in [-0.15, -0.1) is 11.3 Å². The molecule has 0 bridgehead atoms. The lowest BCUT2D eigenvalue weighted by molar-refractivity contribution is -0.134. The minimum absolute atomic E-state index is 0.0745. The van der Waals surface area contributed by atoms with Crippen molar-refractivity contribution in [3.05, 3.63) is 46.2 Å². The first kappa shape index (κ1) is 17.5. The quantitative estimate of drug-likeness (QED) is 0.858. The van der Waals surface area contributed by atoms with Crippen LogP contribution in [-0.2, 0) is 9.59 Å². The highest BCUT2D eigenvalue weighted by molar-refractivity contribution is 7.12. The predicted molar refractivity (Wildman–Crippen MR) is 101 cm³/mol. The van der Waals surface area contributed by atoms with E-state index >= 15 is 0 Å². The SMILES string of the molecule is CCC(=O)NCC(=O)N1N=C(c2cccs2)C[C@@H]1c1ccc2c(c1)OCO2. The van der Waals surface area contributed by atoms with E-state index in [1.165, 1.54) is 5.01 Å². The lowest BCUT2D eigenvalue weighted by Gasteiger charge is -2.22. The second-order valence-electron chi connectivity index (χ2n) is 6.23. The molecule has 2 amide bonds. The number of nitrogens with zero attached hydrogens (tertiary/aromatic N) is 2. The molecule has 1 atom stereocenters. The summed E-state index contributed by atoms with van der Waals surface area (Å²) in [6, 6.07) is 9.38. The standard InChI is InChI=1S/C19H19N3O4S/c1-2-18(23)20-10-19(24)22-14(9-13(21-22)17-4-3-7-27-17)12-5-6-15-16(8-12)26-11-25-15/h3-8,14H,2,9-11H2,1H3,(H,20,23)/t14-/m1/s1. The second kappa shape index (κ2) is 7.40. The molecule has 0 saturated heterocycles. The van der Waals surface area contributed by atoms with Gasteiger partial charge in [0.05, 0.1) is 23.2 Å². The van der Waals surface area contributed by atoms with Gasteiger partial charge in [0.25, 0.3) is 5.91 Å². The molecule has 0 radical (unpaired) electrons. The molecule has 140 valence electrons. The maximum atomic E-state index is 12.7. The number of hydrazone groups is 1. The number of hydrogen-bond donors (Lipinski definition) is 1. The zero-order chi connectivity index (χ0) is 18.8. The molecule has 0 saturated carbocycles. The summed E-state index contributed by atoms with van der Waals surface area (Å²) in [5.74, 6) is 0.962. The Morgan fingerprint density at radius 1 is 1.30 bits per heavy atom. The van der Waals surface area contributed by atoms with Crippen LogP contribution in [0.2, 0.25) is 0 Å². The van der Waals surface area contributed by atoms with Crippen molar-refractivity contribution in [3.8, 4) is 11.5 Å². The zero-order valence-corrected chi connectivity index (χ0v) is 15.6. The van der Waals surface area contributed by atoms with Gasteiger partial charge in [0.2, 0.25) is 12.7 Å². The van der Waals surface area contributed by atoms with E-state index in [2.05, 4.69) is 10.4 Å². The monoisotopic (exact) mass is 385 g/mol. The third-order valence-electron chi connectivity index (χ3n) is 4.51. The summed E-state index contributed by atoms with van der Waals surface area (Å²) in [5, 5.41) is 10.7. The van der Waals surface area contributed by atoms with E-state index in [9.17, 15) is 9.59 Å². The maximum absolute atomic E-state index is 12.7. The van der Waals surface area contributed by atoms with Crippen molar-refractivity contribution >= 4 is 28.9 Å². The molecule has 8 heteroatoms. The molecule has 3 heterocycles. The summed E-state index contributed by atoms with van der Waals surface area (Å²) >= 11 is 1.59. The summed E-state index contributed by atoms with van der Waals surface area (Å²) in [6.07, 6.45) is 0.941. The molecule has 4 rings (SSSR count). The molecular weight excluding hydrogens is 366 g/mol. The van der Waals surface area contributed by atoms with Gasteiger partial charge in [0.1, 0.15) is 0 Å². The molecule has 0 unspecified atom stereocenters. The average molecular weight is 385 g/mol. The maximum Gasteiger partial charge on any atom is 0.262 e. The fourth-order valence-corrected chi connectivity index (χ4v) is 3.81. The summed E-state index contributed by atoms with van der Waals surface area (Å²) in [5.41, 5.74) is 1.78. The number of rotatable bonds is 5. The number of carbonyl (C=O) groups excluding carboxylic acids is 2. The highest BCUT2D eigenvalue weighted by Gasteiger charge is 2.34. The molecule has 27 heavy (non-hydrogen) atoms. The fourth-order valence-electron chi connectivity index (χ4n) is 3.09. The number of carbonyl (C=O) groups is 2. The van der Waals surface area contributed by atoms with E-state index in [1.807, 2.05) is 35.7 Å². The van der Waals surface area contributed by atoms with E-state index in [-0.39, 0.29) is 31.2 Å². The average Bonchev–Trinajstić information content (AvgIpc) is 3.44. The number of hydrogen-bond acceptors (Lipinski definition) is 6. The van der Waals surface area contributed by atoms with Gasteiger partial charge in [-0.3, -0.25) is 9.59 Å². The van der Waals surface area contributed by atoms with Gasteiger partial charge >= 0.3 is 0 Å². The molecule has 1 aromatic heterocycles. The Morgan fingerprint density at radius 2 is 2.15 bits per heavy atom. The van der Waals surface area contributed by atoms with Crippen LogP contribution in [0.25, 0.3) is 0 Å². The Morgan fingerprint density at radius 3 is 2.93 bits per heavy atom. The van der Waals surface area contributed by atoms with Crippen LogP contribution in [0.5, 0.6) is 11.5 Å². The number of benzene rings is 1. The largest absolute Gasteiger partial charge is 0.454 e. The smallest absolute Gasteiger partial charge is 0.262 e. The van der Waals surface area contributed by atoms with E-state index in [0.717, 1.165) is 16.2 Å². The number of thiophene rings is 1. The van der Waals surface area contributed by atoms with Gasteiger partial charge in [0, 0.05) is 12.8 Å². The van der Waals surface area contributed by atoms with Crippen molar-refractivity contribution in [1.82, 2.24) is 10.3 Å². The molecule has 1 N–H and O–H groups in total.